The third-order valence-electron chi connectivity index (χ3n) is 1.08. The lowest BCUT2D eigenvalue weighted by molar-refractivity contribution is 0.0647. The molecule has 1 unspecified atom stereocenters. The maximum Gasteiger partial charge on any atom is 0.0943 e. The molecule has 0 saturated heterocycles. The van der Waals surface area contributed by atoms with Crippen LogP contribution in [0.1, 0.15) is 26.7 Å². The van der Waals surface area contributed by atoms with Gasteiger partial charge in [-0.2, -0.15) is 0 Å². The molecule has 0 rings (SSSR count). The van der Waals surface area contributed by atoms with E-state index in [4.69, 9.17) is 10.5 Å². The molecular formula is C6H15NO. The predicted molar refractivity (Wildman–Crippen MR) is 34.5 cm³/mol. The zero-order valence-corrected chi connectivity index (χ0v) is 5.68. The number of hydrogen-bond acceptors (Lipinski definition) is 2. The summed E-state index contributed by atoms with van der Waals surface area (Å²) >= 11 is 0. The van der Waals surface area contributed by atoms with E-state index in [-0.39, 0.29) is 0 Å². The first-order chi connectivity index (χ1) is 3.81. The third-order valence-corrected chi connectivity index (χ3v) is 1.08. The lowest BCUT2D eigenvalue weighted by Gasteiger charge is -2.07. The third kappa shape index (κ3) is 4.09. The molecule has 8 heavy (non-hydrogen) atoms. The van der Waals surface area contributed by atoms with Gasteiger partial charge in [0.2, 0.25) is 0 Å². The summed E-state index contributed by atoms with van der Waals surface area (Å²) < 4.78 is 5.06. The minimum Gasteiger partial charge on any atom is -0.364 e. The van der Waals surface area contributed by atoms with E-state index in [9.17, 15) is 0 Å². The molecule has 0 aliphatic rings. The molecule has 1 atom stereocenters. The molecule has 2 nitrogen and oxygen atoms in total. The molecule has 0 heterocycles. The summed E-state index contributed by atoms with van der Waals surface area (Å²) in [6, 6.07) is 0. The Balaban J connectivity index is 2.92. The lowest BCUT2D eigenvalue weighted by Crippen LogP contribution is -2.13. The Morgan fingerprint density at radius 1 is 1.62 bits per heavy atom. The molecule has 0 aromatic rings. The van der Waals surface area contributed by atoms with E-state index in [2.05, 4.69) is 6.92 Å². The van der Waals surface area contributed by atoms with Crippen molar-refractivity contribution in [2.75, 3.05) is 6.73 Å². The zero-order chi connectivity index (χ0) is 6.41. The van der Waals surface area contributed by atoms with Gasteiger partial charge in [-0.15, -0.1) is 0 Å². The Bertz CT molecular complexity index is 41.8. The van der Waals surface area contributed by atoms with Gasteiger partial charge in [0.05, 0.1) is 12.8 Å². The van der Waals surface area contributed by atoms with Crippen LogP contribution in [0.4, 0.5) is 0 Å². The van der Waals surface area contributed by atoms with Crippen LogP contribution in [0.5, 0.6) is 0 Å². The van der Waals surface area contributed by atoms with Gasteiger partial charge in [0.25, 0.3) is 0 Å². The van der Waals surface area contributed by atoms with E-state index in [1.165, 1.54) is 6.42 Å². The van der Waals surface area contributed by atoms with Crippen LogP contribution in [0.2, 0.25) is 0 Å². The predicted octanol–water partition coefficient (Wildman–Crippen LogP) is 1.11. The Morgan fingerprint density at radius 2 is 2.25 bits per heavy atom. The molecule has 0 aliphatic heterocycles. The minimum absolute atomic E-state index is 0.338. The van der Waals surface area contributed by atoms with Crippen molar-refractivity contribution < 1.29 is 4.74 Å². The van der Waals surface area contributed by atoms with E-state index in [0.717, 1.165) is 6.42 Å². The first kappa shape index (κ1) is 7.92. The monoisotopic (exact) mass is 117 g/mol. The first-order valence-electron chi connectivity index (χ1n) is 3.13. The summed E-state index contributed by atoms with van der Waals surface area (Å²) in [7, 11) is 0. The molecular weight excluding hydrogens is 102 g/mol. The van der Waals surface area contributed by atoms with Crippen molar-refractivity contribution >= 4 is 0 Å². The molecule has 0 aromatic heterocycles. The Kier molecular flexibility index (Phi) is 5.01. The molecule has 0 fully saturated rings. The number of hydrogen-bond donors (Lipinski definition) is 1. The highest BCUT2D eigenvalue weighted by atomic mass is 16.5. The van der Waals surface area contributed by atoms with Crippen LogP contribution in [0.3, 0.4) is 0 Å². The van der Waals surface area contributed by atoms with Crippen LogP contribution in [0.25, 0.3) is 0 Å². The standard InChI is InChI=1S/C6H15NO/c1-3-4-6(2)8-5-7/h6H,3-5,7H2,1-2H3. The van der Waals surface area contributed by atoms with Crippen LogP contribution in [0, 0.1) is 0 Å². The minimum atomic E-state index is 0.338. The highest BCUT2D eigenvalue weighted by Crippen LogP contribution is 1.97. The van der Waals surface area contributed by atoms with Gasteiger partial charge < -0.3 is 10.5 Å². The van der Waals surface area contributed by atoms with Crippen molar-refractivity contribution in [2.45, 2.75) is 32.8 Å². The van der Waals surface area contributed by atoms with Gasteiger partial charge >= 0.3 is 0 Å². The van der Waals surface area contributed by atoms with Crippen molar-refractivity contribution in [3.05, 3.63) is 0 Å². The van der Waals surface area contributed by atoms with Gasteiger partial charge in [-0.05, 0) is 13.3 Å². The van der Waals surface area contributed by atoms with Gasteiger partial charge in [0.15, 0.2) is 0 Å². The molecule has 0 radical (unpaired) electrons. The molecule has 2 N–H and O–H groups in total. The molecule has 0 saturated carbocycles. The van der Waals surface area contributed by atoms with E-state index < -0.39 is 0 Å². The summed E-state index contributed by atoms with van der Waals surface area (Å²) in [5, 5.41) is 0. The van der Waals surface area contributed by atoms with Crippen molar-refractivity contribution in [3.63, 3.8) is 0 Å². The normalized spacial score (nSPS) is 13.9. The first-order valence-corrected chi connectivity index (χ1v) is 3.13. The van der Waals surface area contributed by atoms with Gasteiger partial charge in [0, 0.05) is 0 Å². The van der Waals surface area contributed by atoms with Gasteiger partial charge in [-0.3, -0.25) is 0 Å². The average Bonchev–Trinajstić information content (AvgIpc) is 1.68. The number of rotatable bonds is 4. The summed E-state index contributed by atoms with van der Waals surface area (Å²) in [4.78, 5) is 0. The molecule has 0 bridgehead atoms. The van der Waals surface area contributed by atoms with E-state index in [1.54, 1.807) is 0 Å². The Morgan fingerprint density at radius 3 is 2.62 bits per heavy atom. The highest BCUT2D eigenvalue weighted by Gasteiger charge is 1.95. The maximum absolute atomic E-state index is 5.14. The molecule has 50 valence electrons. The fraction of sp³-hybridized carbons (Fsp3) is 1.00. The summed E-state index contributed by atoms with van der Waals surface area (Å²) in [5.74, 6) is 0. The van der Waals surface area contributed by atoms with Crippen molar-refractivity contribution in [2.24, 2.45) is 5.73 Å². The fourth-order valence-electron chi connectivity index (χ4n) is 0.654. The lowest BCUT2D eigenvalue weighted by atomic mass is 10.2. The second-order valence-corrected chi connectivity index (χ2v) is 1.93. The Labute approximate surface area is 51.0 Å². The van der Waals surface area contributed by atoms with E-state index in [1.807, 2.05) is 6.92 Å². The molecule has 0 aromatic carbocycles. The second-order valence-electron chi connectivity index (χ2n) is 1.93. The summed E-state index contributed by atoms with van der Waals surface area (Å²) in [6.45, 7) is 4.52. The number of ether oxygens (including phenoxy) is 1. The fourth-order valence-corrected chi connectivity index (χ4v) is 0.654. The molecule has 2 heteroatoms. The molecule has 0 amide bonds. The van der Waals surface area contributed by atoms with E-state index in [0.29, 0.717) is 12.8 Å². The summed E-state index contributed by atoms with van der Waals surface area (Å²) in [5.41, 5.74) is 5.14. The second kappa shape index (κ2) is 5.06. The van der Waals surface area contributed by atoms with Gasteiger partial charge in [0.1, 0.15) is 0 Å². The van der Waals surface area contributed by atoms with Crippen molar-refractivity contribution in [1.82, 2.24) is 0 Å². The SMILES string of the molecule is CCCC(C)OCN. The van der Waals surface area contributed by atoms with Crippen molar-refractivity contribution in [3.8, 4) is 0 Å². The van der Waals surface area contributed by atoms with Crippen LogP contribution >= 0.6 is 0 Å². The quantitative estimate of drug-likeness (QED) is 0.560. The van der Waals surface area contributed by atoms with Crippen LogP contribution in [0.15, 0.2) is 0 Å². The summed E-state index contributed by atoms with van der Waals surface area (Å²) in [6.07, 6.45) is 2.61. The zero-order valence-electron chi connectivity index (χ0n) is 5.68. The topological polar surface area (TPSA) is 35.2 Å². The van der Waals surface area contributed by atoms with Gasteiger partial charge in [-0.1, -0.05) is 13.3 Å². The smallest absolute Gasteiger partial charge is 0.0943 e. The van der Waals surface area contributed by atoms with Crippen LogP contribution < -0.4 is 5.73 Å². The van der Waals surface area contributed by atoms with Gasteiger partial charge in [-0.25, -0.2) is 0 Å². The highest BCUT2D eigenvalue weighted by molar-refractivity contribution is 4.45. The van der Waals surface area contributed by atoms with E-state index >= 15 is 0 Å². The molecule has 0 aliphatic carbocycles. The van der Waals surface area contributed by atoms with Crippen molar-refractivity contribution in [1.29, 1.82) is 0 Å². The average molecular weight is 117 g/mol. The van der Waals surface area contributed by atoms with Crippen LogP contribution in [-0.4, -0.2) is 12.8 Å². The van der Waals surface area contributed by atoms with Crippen LogP contribution in [-0.2, 0) is 4.74 Å². The maximum atomic E-state index is 5.14. The Hall–Kier alpha value is -0.0800. The largest absolute Gasteiger partial charge is 0.364 e. The molecule has 0 spiro atoms. The number of nitrogens with two attached hydrogens (primary N) is 1.